The molecule has 1 aliphatic carbocycles. The molecule has 2 aliphatic rings. The highest BCUT2D eigenvalue weighted by Crippen LogP contribution is 2.39. The molecule has 1 saturated heterocycles. The summed E-state index contributed by atoms with van der Waals surface area (Å²) in [7, 11) is 0. The van der Waals surface area contributed by atoms with E-state index >= 15 is 0 Å². The molecule has 1 amide bonds. The Morgan fingerprint density at radius 2 is 1.79 bits per heavy atom. The SMILES string of the molecule is O=C(OO)N1CC2CC(Oc3ccccc3)CC2C1. The maximum Gasteiger partial charge on any atom is 0.441 e. The Bertz CT molecular complexity index is 436. The van der Waals surface area contributed by atoms with Crippen molar-refractivity contribution in [2.75, 3.05) is 13.1 Å². The van der Waals surface area contributed by atoms with Gasteiger partial charge in [0.2, 0.25) is 0 Å². The third kappa shape index (κ3) is 2.51. The minimum atomic E-state index is -0.644. The molecule has 0 spiro atoms. The second-order valence-electron chi connectivity index (χ2n) is 5.31. The predicted molar refractivity (Wildman–Crippen MR) is 67.8 cm³/mol. The van der Waals surface area contributed by atoms with Gasteiger partial charge in [-0.1, -0.05) is 18.2 Å². The van der Waals surface area contributed by atoms with Gasteiger partial charge in [-0.05, 0) is 36.8 Å². The van der Waals surface area contributed by atoms with Crippen LogP contribution in [-0.4, -0.2) is 35.4 Å². The quantitative estimate of drug-likeness (QED) is 0.657. The Morgan fingerprint density at radius 3 is 2.37 bits per heavy atom. The summed E-state index contributed by atoms with van der Waals surface area (Å²) in [5.74, 6) is 1.81. The lowest BCUT2D eigenvalue weighted by atomic mass is 10.0. The molecule has 2 atom stereocenters. The molecule has 19 heavy (non-hydrogen) atoms. The molecule has 2 fully saturated rings. The van der Waals surface area contributed by atoms with Crippen molar-refractivity contribution in [3.63, 3.8) is 0 Å². The first kappa shape index (κ1) is 12.3. The highest BCUT2D eigenvalue weighted by Gasteiger charge is 2.43. The van der Waals surface area contributed by atoms with Gasteiger partial charge in [0.05, 0.1) is 6.10 Å². The summed E-state index contributed by atoms with van der Waals surface area (Å²) in [6, 6.07) is 9.82. The topological polar surface area (TPSA) is 59.0 Å². The van der Waals surface area contributed by atoms with Gasteiger partial charge in [-0.3, -0.25) is 4.89 Å². The number of hydrogen-bond acceptors (Lipinski definition) is 4. The van der Waals surface area contributed by atoms with Crippen LogP contribution in [0.5, 0.6) is 5.75 Å². The highest BCUT2D eigenvalue weighted by atomic mass is 17.1. The molecular formula is C14H17NO4. The smallest absolute Gasteiger partial charge is 0.441 e. The molecule has 1 saturated carbocycles. The number of fused-ring (bicyclic) bond motifs is 1. The minimum absolute atomic E-state index is 0.227. The number of para-hydroxylation sites is 1. The van der Waals surface area contributed by atoms with Crippen molar-refractivity contribution in [3.8, 4) is 5.75 Å². The van der Waals surface area contributed by atoms with Crippen LogP contribution in [0.3, 0.4) is 0 Å². The highest BCUT2D eigenvalue weighted by molar-refractivity contribution is 5.67. The van der Waals surface area contributed by atoms with Crippen molar-refractivity contribution >= 4 is 6.09 Å². The fourth-order valence-corrected chi connectivity index (χ4v) is 3.24. The third-order valence-electron chi connectivity index (χ3n) is 4.09. The molecule has 2 unspecified atom stereocenters. The van der Waals surface area contributed by atoms with Gasteiger partial charge in [-0.2, -0.15) is 5.26 Å². The summed E-state index contributed by atoms with van der Waals surface area (Å²) in [5.41, 5.74) is 0. The number of ether oxygens (including phenoxy) is 1. The normalized spacial score (nSPS) is 29.1. The van der Waals surface area contributed by atoms with Crippen LogP contribution >= 0.6 is 0 Å². The molecule has 102 valence electrons. The Balaban J connectivity index is 1.55. The molecule has 1 N–H and O–H groups in total. The lowest BCUT2D eigenvalue weighted by molar-refractivity contribution is -0.187. The molecule has 0 bridgehead atoms. The van der Waals surface area contributed by atoms with E-state index in [1.807, 2.05) is 30.3 Å². The maximum absolute atomic E-state index is 11.2. The molecule has 0 radical (unpaired) electrons. The lowest BCUT2D eigenvalue weighted by Crippen LogP contribution is -2.30. The average molecular weight is 263 g/mol. The number of carbonyl (C=O) groups excluding carboxylic acids is 1. The standard InChI is InChI=1S/C14H17NO4/c16-14(19-17)15-8-10-6-13(7-11(10)9-15)18-12-4-2-1-3-5-12/h1-5,10-11,13,17H,6-9H2. The molecular weight excluding hydrogens is 246 g/mol. The Kier molecular flexibility index (Phi) is 3.29. The zero-order chi connectivity index (χ0) is 13.2. The molecule has 1 heterocycles. The van der Waals surface area contributed by atoms with E-state index in [0.29, 0.717) is 24.9 Å². The van der Waals surface area contributed by atoms with E-state index in [1.165, 1.54) is 0 Å². The fourth-order valence-electron chi connectivity index (χ4n) is 3.24. The monoisotopic (exact) mass is 263 g/mol. The zero-order valence-corrected chi connectivity index (χ0v) is 10.6. The van der Waals surface area contributed by atoms with Crippen LogP contribution in [0.2, 0.25) is 0 Å². The fraction of sp³-hybridized carbons (Fsp3) is 0.500. The van der Waals surface area contributed by atoms with Crippen LogP contribution in [0.25, 0.3) is 0 Å². The van der Waals surface area contributed by atoms with E-state index in [1.54, 1.807) is 4.90 Å². The first-order chi connectivity index (χ1) is 9.26. The lowest BCUT2D eigenvalue weighted by Gasteiger charge is -2.18. The van der Waals surface area contributed by atoms with E-state index in [9.17, 15) is 4.79 Å². The minimum Gasteiger partial charge on any atom is -0.490 e. The predicted octanol–water partition coefficient (Wildman–Crippen LogP) is 2.39. The first-order valence-corrected chi connectivity index (χ1v) is 6.58. The van der Waals surface area contributed by atoms with Gasteiger partial charge in [0.25, 0.3) is 0 Å². The summed E-state index contributed by atoms with van der Waals surface area (Å²) in [6.45, 7) is 1.30. The molecule has 1 aromatic rings. The van der Waals surface area contributed by atoms with Crippen LogP contribution in [0.1, 0.15) is 12.8 Å². The van der Waals surface area contributed by atoms with Crippen LogP contribution in [0.15, 0.2) is 30.3 Å². The van der Waals surface area contributed by atoms with Crippen molar-refractivity contribution in [3.05, 3.63) is 30.3 Å². The molecule has 5 nitrogen and oxygen atoms in total. The van der Waals surface area contributed by atoms with Crippen molar-refractivity contribution in [2.45, 2.75) is 18.9 Å². The molecule has 3 rings (SSSR count). The summed E-state index contributed by atoms with van der Waals surface area (Å²) in [6.07, 6.45) is 1.49. The van der Waals surface area contributed by atoms with Gasteiger partial charge in [-0.25, -0.2) is 4.79 Å². The third-order valence-corrected chi connectivity index (χ3v) is 4.09. The van der Waals surface area contributed by atoms with Crippen LogP contribution < -0.4 is 4.74 Å². The van der Waals surface area contributed by atoms with Gasteiger partial charge < -0.3 is 9.64 Å². The molecule has 0 aromatic heterocycles. The first-order valence-electron chi connectivity index (χ1n) is 6.58. The zero-order valence-electron chi connectivity index (χ0n) is 10.6. The van der Waals surface area contributed by atoms with Crippen LogP contribution in [0.4, 0.5) is 4.79 Å². The van der Waals surface area contributed by atoms with E-state index < -0.39 is 6.09 Å². The van der Waals surface area contributed by atoms with Crippen LogP contribution in [-0.2, 0) is 4.89 Å². The maximum atomic E-state index is 11.2. The largest absolute Gasteiger partial charge is 0.490 e. The summed E-state index contributed by atoms with van der Waals surface area (Å²) in [4.78, 5) is 16.6. The van der Waals surface area contributed by atoms with E-state index in [2.05, 4.69) is 4.89 Å². The molecule has 1 aliphatic heterocycles. The average Bonchev–Trinajstić information content (AvgIpc) is 2.97. The van der Waals surface area contributed by atoms with Gasteiger partial charge in [-0.15, -0.1) is 0 Å². The van der Waals surface area contributed by atoms with E-state index in [-0.39, 0.29) is 6.10 Å². The summed E-state index contributed by atoms with van der Waals surface area (Å²) in [5, 5.41) is 8.39. The Morgan fingerprint density at radius 1 is 1.16 bits per heavy atom. The summed E-state index contributed by atoms with van der Waals surface area (Å²) >= 11 is 0. The number of nitrogens with zero attached hydrogens (tertiary/aromatic N) is 1. The second-order valence-corrected chi connectivity index (χ2v) is 5.31. The van der Waals surface area contributed by atoms with E-state index in [0.717, 1.165) is 18.6 Å². The number of amides is 1. The number of rotatable bonds is 2. The van der Waals surface area contributed by atoms with Gasteiger partial charge in [0.15, 0.2) is 0 Å². The van der Waals surface area contributed by atoms with Gasteiger partial charge in [0.1, 0.15) is 5.75 Å². The van der Waals surface area contributed by atoms with Gasteiger partial charge in [0, 0.05) is 13.1 Å². The van der Waals surface area contributed by atoms with Crippen molar-refractivity contribution in [1.82, 2.24) is 4.90 Å². The molecule has 5 heteroatoms. The van der Waals surface area contributed by atoms with Gasteiger partial charge >= 0.3 is 6.09 Å². The summed E-state index contributed by atoms with van der Waals surface area (Å²) < 4.78 is 5.95. The van der Waals surface area contributed by atoms with Crippen molar-refractivity contribution < 1.29 is 19.7 Å². The Hall–Kier alpha value is -1.75. The van der Waals surface area contributed by atoms with Crippen molar-refractivity contribution in [1.29, 1.82) is 0 Å². The number of benzene rings is 1. The number of hydrogen-bond donors (Lipinski definition) is 1. The molecule has 1 aromatic carbocycles. The van der Waals surface area contributed by atoms with Crippen molar-refractivity contribution in [2.24, 2.45) is 11.8 Å². The Labute approximate surface area is 111 Å². The number of likely N-dealkylation sites (tertiary alicyclic amines) is 1. The number of carbonyl (C=O) groups is 1. The second kappa shape index (κ2) is 5.09. The van der Waals surface area contributed by atoms with E-state index in [4.69, 9.17) is 9.99 Å². The van der Waals surface area contributed by atoms with Crippen LogP contribution in [0, 0.1) is 11.8 Å².